The summed E-state index contributed by atoms with van der Waals surface area (Å²) in [5.41, 5.74) is 2.75. The number of carbonyl (C=O) groups is 2. The maximum absolute atomic E-state index is 12.8. The summed E-state index contributed by atoms with van der Waals surface area (Å²) in [6.45, 7) is 3.83. The molecule has 0 saturated carbocycles. The molecule has 2 aromatic carbocycles. The Morgan fingerprint density at radius 1 is 1.19 bits per heavy atom. The van der Waals surface area contributed by atoms with E-state index in [9.17, 15) is 9.59 Å². The van der Waals surface area contributed by atoms with Crippen LogP contribution in [0.25, 0.3) is 5.69 Å². The van der Waals surface area contributed by atoms with Gasteiger partial charge in [0, 0.05) is 35.8 Å². The van der Waals surface area contributed by atoms with Gasteiger partial charge in [-0.3, -0.25) is 14.2 Å². The van der Waals surface area contributed by atoms with E-state index in [4.69, 9.17) is 11.6 Å². The summed E-state index contributed by atoms with van der Waals surface area (Å²) in [5.74, 6) is -0.369. The molecule has 31 heavy (non-hydrogen) atoms. The molecular formula is C23H25ClN4O2S. The summed E-state index contributed by atoms with van der Waals surface area (Å²) in [5, 5.41) is 3.84. The van der Waals surface area contributed by atoms with E-state index >= 15 is 0 Å². The number of anilines is 1. The van der Waals surface area contributed by atoms with Crippen LogP contribution in [0.2, 0.25) is 5.02 Å². The number of hydrogen-bond acceptors (Lipinski definition) is 4. The maximum atomic E-state index is 12.8. The molecule has 3 rings (SSSR count). The minimum atomic E-state index is -0.408. The van der Waals surface area contributed by atoms with Crippen LogP contribution >= 0.6 is 23.4 Å². The highest BCUT2D eigenvalue weighted by Gasteiger charge is 2.23. The van der Waals surface area contributed by atoms with Gasteiger partial charge in [-0.2, -0.15) is 0 Å². The van der Waals surface area contributed by atoms with Crippen LogP contribution in [0.4, 0.5) is 5.69 Å². The molecule has 3 aromatic rings. The molecule has 1 N–H and O–H groups in total. The first-order valence-corrected chi connectivity index (χ1v) is 11.2. The Kier molecular flexibility index (Phi) is 7.76. The summed E-state index contributed by atoms with van der Waals surface area (Å²) >= 11 is 7.32. The zero-order chi connectivity index (χ0) is 22.4. The number of para-hydroxylation sites is 1. The van der Waals surface area contributed by atoms with E-state index in [2.05, 4.69) is 10.3 Å². The van der Waals surface area contributed by atoms with Gasteiger partial charge >= 0.3 is 0 Å². The monoisotopic (exact) mass is 456 g/mol. The number of rotatable bonds is 8. The van der Waals surface area contributed by atoms with Crippen molar-refractivity contribution in [1.82, 2.24) is 14.5 Å². The van der Waals surface area contributed by atoms with Gasteiger partial charge in [0.15, 0.2) is 5.16 Å². The molecule has 0 bridgehead atoms. The molecule has 1 aromatic heterocycles. The van der Waals surface area contributed by atoms with Gasteiger partial charge in [0.25, 0.3) is 0 Å². The van der Waals surface area contributed by atoms with E-state index in [1.807, 2.05) is 73.1 Å². The van der Waals surface area contributed by atoms with E-state index in [0.717, 1.165) is 23.4 Å². The lowest BCUT2D eigenvalue weighted by molar-refractivity contribution is -0.132. The van der Waals surface area contributed by atoms with Gasteiger partial charge in [-0.1, -0.05) is 48.5 Å². The van der Waals surface area contributed by atoms with Gasteiger partial charge in [0.05, 0.1) is 11.8 Å². The number of hydrogen-bond donors (Lipinski definition) is 1. The van der Waals surface area contributed by atoms with Crippen molar-refractivity contribution in [2.75, 3.05) is 18.9 Å². The Bertz CT molecular complexity index is 1050. The minimum absolute atomic E-state index is 0.0204. The average Bonchev–Trinajstić information content (AvgIpc) is 3.22. The highest BCUT2D eigenvalue weighted by molar-refractivity contribution is 8.00. The first-order chi connectivity index (χ1) is 14.9. The van der Waals surface area contributed by atoms with Gasteiger partial charge in [-0.05, 0) is 49.2 Å². The van der Waals surface area contributed by atoms with E-state index in [1.54, 1.807) is 13.2 Å². The fraction of sp³-hybridized carbons (Fsp3) is 0.261. The van der Waals surface area contributed by atoms with Crippen molar-refractivity contribution in [3.05, 3.63) is 71.5 Å². The van der Waals surface area contributed by atoms with Gasteiger partial charge in [0.1, 0.15) is 0 Å². The lowest BCUT2D eigenvalue weighted by atomic mass is 10.1. The summed E-state index contributed by atoms with van der Waals surface area (Å²) in [7, 11) is 1.64. The number of nitrogens with zero attached hydrogens (tertiary/aromatic N) is 3. The molecule has 0 aliphatic rings. The first kappa shape index (κ1) is 22.9. The molecule has 0 spiro atoms. The van der Waals surface area contributed by atoms with Crippen LogP contribution < -0.4 is 5.32 Å². The zero-order valence-electron chi connectivity index (χ0n) is 17.7. The minimum Gasteiger partial charge on any atom is -0.335 e. The van der Waals surface area contributed by atoms with Crippen molar-refractivity contribution in [3.8, 4) is 5.69 Å². The quantitative estimate of drug-likeness (QED) is 0.500. The highest BCUT2D eigenvalue weighted by Crippen LogP contribution is 2.26. The van der Waals surface area contributed by atoms with Gasteiger partial charge in [-0.25, -0.2) is 4.98 Å². The van der Waals surface area contributed by atoms with Crippen molar-refractivity contribution in [1.29, 1.82) is 0 Å². The first-order valence-electron chi connectivity index (χ1n) is 9.97. The normalized spacial score (nSPS) is 11.7. The summed E-state index contributed by atoms with van der Waals surface area (Å²) in [4.78, 5) is 31.1. The molecule has 0 aliphatic heterocycles. The van der Waals surface area contributed by atoms with Crippen molar-refractivity contribution >= 4 is 40.9 Å². The number of likely N-dealkylation sites (N-methyl/N-ethyl adjacent to an activating group) is 1. The van der Waals surface area contributed by atoms with Crippen LogP contribution in [-0.4, -0.2) is 45.1 Å². The molecule has 0 radical (unpaired) electrons. The summed E-state index contributed by atoms with van der Waals surface area (Å²) in [6, 6.07) is 15.1. The lowest BCUT2D eigenvalue weighted by Gasteiger charge is -2.21. The lowest BCUT2D eigenvalue weighted by Crippen LogP contribution is -2.39. The van der Waals surface area contributed by atoms with Gasteiger partial charge in [0.2, 0.25) is 11.8 Å². The van der Waals surface area contributed by atoms with Crippen molar-refractivity contribution in [2.24, 2.45) is 0 Å². The van der Waals surface area contributed by atoms with Crippen LogP contribution in [0.1, 0.15) is 19.4 Å². The Balaban J connectivity index is 1.61. The topological polar surface area (TPSA) is 67.2 Å². The third kappa shape index (κ3) is 5.89. The smallest absolute Gasteiger partial charge is 0.243 e. The van der Waals surface area contributed by atoms with E-state index in [0.29, 0.717) is 10.2 Å². The second-order valence-electron chi connectivity index (χ2n) is 7.07. The number of thioether (sulfide) groups is 1. The largest absolute Gasteiger partial charge is 0.335 e. The Morgan fingerprint density at radius 3 is 2.61 bits per heavy atom. The van der Waals surface area contributed by atoms with E-state index < -0.39 is 5.25 Å². The molecule has 162 valence electrons. The number of aromatic nitrogens is 2. The molecule has 1 atom stereocenters. The Morgan fingerprint density at radius 2 is 1.90 bits per heavy atom. The number of aryl methyl sites for hydroxylation is 1. The van der Waals surface area contributed by atoms with Crippen LogP contribution in [-0.2, 0) is 16.0 Å². The molecule has 0 unspecified atom stereocenters. The molecular weight excluding hydrogens is 432 g/mol. The molecule has 8 heteroatoms. The predicted molar refractivity (Wildman–Crippen MR) is 126 cm³/mol. The van der Waals surface area contributed by atoms with E-state index in [-0.39, 0.29) is 18.4 Å². The van der Waals surface area contributed by atoms with Crippen molar-refractivity contribution in [3.63, 3.8) is 0 Å². The molecule has 0 aliphatic carbocycles. The molecule has 2 amide bonds. The molecule has 0 saturated heterocycles. The average molecular weight is 457 g/mol. The molecule has 1 heterocycles. The highest BCUT2D eigenvalue weighted by atomic mass is 35.5. The summed E-state index contributed by atoms with van der Waals surface area (Å²) < 4.78 is 1.90. The maximum Gasteiger partial charge on any atom is 0.243 e. The van der Waals surface area contributed by atoms with Crippen LogP contribution in [0.5, 0.6) is 0 Å². The number of imidazole rings is 1. The Hall–Kier alpha value is -2.77. The number of carbonyl (C=O) groups excluding carboxylic acids is 2. The third-order valence-corrected chi connectivity index (χ3v) is 6.09. The fourth-order valence-corrected chi connectivity index (χ4v) is 4.25. The second-order valence-corrected chi connectivity index (χ2v) is 8.81. The van der Waals surface area contributed by atoms with Gasteiger partial charge < -0.3 is 10.2 Å². The van der Waals surface area contributed by atoms with Crippen molar-refractivity contribution < 1.29 is 9.59 Å². The number of halogens is 1. The van der Waals surface area contributed by atoms with Crippen molar-refractivity contribution in [2.45, 2.75) is 30.7 Å². The number of benzene rings is 2. The Labute approximate surface area is 191 Å². The second kappa shape index (κ2) is 10.5. The number of nitrogens with one attached hydrogen (secondary N) is 1. The SMILES string of the molecule is CCc1ccccc1NC(=O)CN(C)C(=O)[C@@H](C)Sc1nccn1-c1ccc(Cl)cc1. The molecule has 6 nitrogen and oxygen atoms in total. The van der Waals surface area contributed by atoms with Crippen LogP contribution in [0, 0.1) is 0 Å². The fourth-order valence-electron chi connectivity index (χ4n) is 3.13. The van der Waals surface area contributed by atoms with Crippen LogP contribution in [0.15, 0.2) is 66.1 Å². The third-order valence-electron chi connectivity index (χ3n) is 4.77. The van der Waals surface area contributed by atoms with E-state index in [1.165, 1.54) is 16.7 Å². The standard InChI is InChI=1S/C23H25ClN4O2S/c1-4-17-7-5-6-8-20(17)26-21(29)15-27(3)22(30)16(2)31-23-25-13-14-28(23)19-11-9-18(24)10-12-19/h5-14,16H,4,15H2,1-3H3,(H,26,29)/t16-/m1/s1. The zero-order valence-corrected chi connectivity index (χ0v) is 19.3. The number of amides is 2. The van der Waals surface area contributed by atoms with Crippen LogP contribution in [0.3, 0.4) is 0 Å². The summed E-state index contributed by atoms with van der Waals surface area (Å²) in [6.07, 6.45) is 4.35. The van der Waals surface area contributed by atoms with Gasteiger partial charge in [-0.15, -0.1) is 0 Å². The molecule has 0 fully saturated rings. The predicted octanol–water partition coefficient (Wildman–Crippen LogP) is 4.67.